The molecule has 3 rings (SSSR count). The van der Waals surface area contributed by atoms with Crippen molar-refractivity contribution in [3.8, 4) is 5.75 Å². The predicted octanol–water partition coefficient (Wildman–Crippen LogP) is 3.95. The highest BCUT2D eigenvalue weighted by atomic mass is 16.5. The quantitative estimate of drug-likeness (QED) is 0.716. The van der Waals surface area contributed by atoms with Crippen LogP contribution in [0.2, 0.25) is 0 Å². The van der Waals surface area contributed by atoms with Crippen LogP contribution in [-0.4, -0.2) is 38.8 Å². The fraction of sp³-hybridized carbons (Fsp3) is 0.391. The number of benzene rings is 2. The molecule has 1 aliphatic heterocycles. The van der Waals surface area contributed by atoms with E-state index in [0.29, 0.717) is 49.7 Å². The Balaban J connectivity index is 1.89. The minimum absolute atomic E-state index is 0.106. The Morgan fingerprint density at radius 1 is 1.10 bits per heavy atom. The number of rotatable bonds is 7. The molecule has 0 radical (unpaired) electrons. The molecule has 1 fully saturated rings. The molecule has 6 heteroatoms. The van der Waals surface area contributed by atoms with E-state index in [4.69, 9.17) is 14.2 Å². The standard InChI is InChI=1S/C23H27NO5/c1-3-13-29-20-10-9-18(16-19(20)21(25)27-2)24-22(26)23(11-14-28-15-12-23)17-7-5-4-6-8-17/h4-10,16H,3,11-15H2,1-2H3,(H,24,26). The molecular formula is C23H27NO5. The summed E-state index contributed by atoms with van der Waals surface area (Å²) in [5, 5.41) is 3.00. The van der Waals surface area contributed by atoms with Crippen molar-refractivity contribution >= 4 is 17.6 Å². The molecule has 1 amide bonds. The van der Waals surface area contributed by atoms with Crippen LogP contribution in [0.3, 0.4) is 0 Å². The minimum atomic E-state index is -0.664. The van der Waals surface area contributed by atoms with E-state index < -0.39 is 11.4 Å². The van der Waals surface area contributed by atoms with Crippen molar-refractivity contribution in [3.05, 3.63) is 59.7 Å². The Morgan fingerprint density at radius 3 is 2.48 bits per heavy atom. The minimum Gasteiger partial charge on any atom is -0.493 e. The SMILES string of the molecule is CCCOc1ccc(NC(=O)C2(c3ccccc3)CCOCC2)cc1C(=O)OC. The average Bonchev–Trinajstić information content (AvgIpc) is 2.78. The third-order valence-corrected chi connectivity index (χ3v) is 5.21. The van der Waals surface area contributed by atoms with Crippen LogP contribution in [0, 0.1) is 0 Å². The molecule has 6 nitrogen and oxygen atoms in total. The summed E-state index contributed by atoms with van der Waals surface area (Å²) in [6, 6.07) is 14.8. The van der Waals surface area contributed by atoms with E-state index in [1.54, 1.807) is 18.2 Å². The van der Waals surface area contributed by atoms with Crippen molar-refractivity contribution in [1.82, 2.24) is 0 Å². The number of hydrogen-bond donors (Lipinski definition) is 1. The molecular weight excluding hydrogens is 370 g/mol. The Kier molecular flexibility index (Phi) is 6.88. The second-order valence-corrected chi connectivity index (χ2v) is 7.07. The molecule has 1 N–H and O–H groups in total. The lowest BCUT2D eigenvalue weighted by atomic mass is 9.73. The van der Waals surface area contributed by atoms with Crippen molar-refractivity contribution in [2.45, 2.75) is 31.6 Å². The first-order valence-corrected chi connectivity index (χ1v) is 9.90. The fourth-order valence-electron chi connectivity index (χ4n) is 3.59. The average molecular weight is 397 g/mol. The number of hydrogen-bond acceptors (Lipinski definition) is 5. The van der Waals surface area contributed by atoms with E-state index in [1.165, 1.54) is 7.11 Å². The highest BCUT2D eigenvalue weighted by Gasteiger charge is 2.41. The van der Waals surface area contributed by atoms with Gasteiger partial charge in [0.15, 0.2) is 0 Å². The highest BCUT2D eigenvalue weighted by molar-refractivity contribution is 6.01. The summed E-state index contributed by atoms with van der Waals surface area (Å²) in [7, 11) is 1.32. The zero-order valence-electron chi connectivity index (χ0n) is 16.9. The largest absolute Gasteiger partial charge is 0.493 e. The summed E-state index contributed by atoms with van der Waals surface area (Å²) in [5.41, 5.74) is 1.12. The number of nitrogens with one attached hydrogen (secondary N) is 1. The van der Waals surface area contributed by atoms with Crippen LogP contribution in [0.25, 0.3) is 0 Å². The molecule has 0 atom stereocenters. The van der Waals surface area contributed by atoms with Crippen LogP contribution in [0.15, 0.2) is 48.5 Å². The van der Waals surface area contributed by atoms with E-state index >= 15 is 0 Å². The molecule has 1 aliphatic rings. The topological polar surface area (TPSA) is 73.9 Å². The van der Waals surface area contributed by atoms with Crippen molar-refractivity contribution in [2.24, 2.45) is 0 Å². The van der Waals surface area contributed by atoms with Gasteiger partial charge in [0.1, 0.15) is 11.3 Å². The smallest absolute Gasteiger partial charge is 0.341 e. The van der Waals surface area contributed by atoms with Gasteiger partial charge in [0.2, 0.25) is 5.91 Å². The summed E-state index contributed by atoms with van der Waals surface area (Å²) in [6.45, 7) is 3.54. The van der Waals surface area contributed by atoms with Gasteiger partial charge in [-0.05, 0) is 43.0 Å². The van der Waals surface area contributed by atoms with Gasteiger partial charge in [-0.3, -0.25) is 4.79 Å². The van der Waals surface area contributed by atoms with Crippen molar-refractivity contribution in [1.29, 1.82) is 0 Å². The second kappa shape index (κ2) is 9.56. The monoisotopic (exact) mass is 397 g/mol. The lowest BCUT2D eigenvalue weighted by Crippen LogP contribution is -2.44. The number of anilines is 1. The maximum absolute atomic E-state index is 13.4. The zero-order chi connectivity index (χ0) is 20.7. The first-order chi connectivity index (χ1) is 14.1. The normalized spacial score (nSPS) is 15.4. The van der Waals surface area contributed by atoms with E-state index in [-0.39, 0.29) is 5.91 Å². The summed E-state index contributed by atoms with van der Waals surface area (Å²) in [6.07, 6.45) is 2.02. The summed E-state index contributed by atoms with van der Waals surface area (Å²) in [4.78, 5) is 25.6. The third kappa shape index (κ3) is 4.59. The Labute approximate surface area is 171 Å². The summed E-state index contributed by atoms with van der Waals surface area (Å²) < 4.78 is 16.0. The van der Waals surface area contributed by atoms with Crippen LogP contribution in [0.4, 0.5) is 5.69 Å². The molecule has 2 aromatic carbocycles. The van der Waals surface area contributed by atoms with Crippen LogP contribution >= 0.6 is 0 Å². The van der Waals surface area contributed by atoms with E-state index in [9.17, 15) is 9.59 Å². The van der Waals surface area contributed by atoms with Gasteiger partial charge >= 0.3 is 5.97 Å². The molecule has 1 heterocycles. The van der Waals surface area contributed by atoms with Crippen LogP contribution < -0.4 is 10.1 Å². The van der Waals surface area contributed by atoms with Crippen LogP contribution in [0.1, 0.15) is 42.1 Å². The first-order valence-electron chi connectivity index (χ1n) is 9.90. The van der Waals surface area contributed by atoms with E-state index in [0.717, 1.165) is 12.0 Å². The van der Waals surface area contributed by atoms with Gasteiger partial charge in [-0.15, -0.1) is 0 Å². The number of ether oxygens (including phenoxy) is 3. The van der Waals surface area contributed by atoms with E-state index in [2.05, 4.69) is 5.32 Å². The number of amides is 1. The fourth-order valence-corrected chi connectivity index (χ4v) is 3.59. The van der Waals surface area contributed by atoms with Gasteiger partial charge < -0.3 is 19.5 Å². The van der Waals surface area contributed by atoms with E-state index in [1.807, 2.05) is 37.3 Å². The van der Waals surface area contributed by atoms with Crippen molar-refractivity contribution < 1.29 is 23.8 Å². The maximum Gasteiger partial charge on any atom is 0.341 e. The highest BCUT2D eigenvalue weighted by Crippen LogP contribution is 2.36. The molecule has 0 bridgehead atoms. The summed E-state index contributed by atoms with van der Waals surface area (Å²) >= 11 is 0. The van der Waals surface area contributed by atoms with Gasteiger partial charge in [-0.2, -0.15) is 0 Å². The van der Waals surface area contributed by atoms with Crippen LogP contribution in [0.5, 0.6) is 5.75 Å². The number of methoxy groups -OCH3 is 1. The molecule has 154 valence electrons. The number of carbonyl (C=O) groups excluding carboxylic acids is 2. The van der Waals surface area contributed by atoms with Gasteiger partial charge in [0.25, 0.3) is 0 Å². The molecule has 29 heavy (non-hydrogen) atoms. The van der Waals surface area contributed by atoms with Crippen molar-refractivity contribution in [3.63, 3.8) is 0 Å². The molecule has 0 unspecified atom stereocenters. The van der Waals surface area contributed by atoms with Gasteiger partial charge in [0.05, 0.1) is 19.1 Å². The lowest BCUT2D eigenvalue weighted by molar-refractivity contribution is -0.125. The van der Waals surface area contributed by atoms with Crippen molar-refractivity contribution in [2.75, 3.05) is 32.2 Å². The Bertz CT molecular complexity index is 844. The van der Waals surface area contributed by atoms with Crippen LogP contribution in [-0.2, 0) is 19.7 Å². The van der Waals surface area contributed by atoms with Gasteiger partial charge in [-0.25, -0.2) is 4.79 Å². The number of carbonyl (C=O) groups is 2. The Hall–Kier alpha value is -2.86. The molecule has 2 aromatic rings. The number of esters is 1. The first kappa shape index (κ1) is 20.9. The molecule has 0 aliphatic carbocycles. The molecule has 0 saturated carbocycles. The Morgan fingerprint density at radius 2 is 1.83 bits per heavy atom. The molecule has 0 aromatic heterocycles. The predicted molar refractivity (Wildman–Crippen MR) is 110 cm³/mol. The maximum atomic E-state index is 13.4. The van der Waals surface area contributed by atoms with Gasteiger partial charge in [0, 0.05) is 18.9 Å². The summed E-state index contributed by atoms with van der Waals surface area (Å²) in [5.74, 6) is -0.165. The lowest BCUT2D eigenvalue weighted by Gasteiger charge is -2.36. The zero-order valence-corrected chi connectivity index (χ0v) is 16.9. The second-order valence-electron chi connectivity index (χ2n) is 7.07. The molecule has 1 saturated heterocycles. The van der Waals surface area contributed by atoms with Gasteiger partial charge in [-0.1, -0.05) is 37.3 Å². The third-order valence-electron chi connectivity index (χ3n) is 5.21. The molecule has 0 spiro atoms.